The molecule has 11 aromatic rings. The summed E-state index contributed by atoms with van der Waals surface area (Å²) in [6.45, 7) is 0. The van der Waals surface area contributed by atoms with Gasteiger partial charge in [0.25, 0.3) is 0 Å². The minimum Gasteiger partial charge on any atom is -0.456 e. The topological polar surface area (TPSA) is 42.4 Å². The van der Waals surface area contributed by atoms with Crippen molar-refractivity contribution < 1.29 is 8.83 Å². The van der Waals surface area contributed by atoms with Crippen molar-refractivity contribution in [3.63, 3.8) is 0 Å². The summed E-state index contributed by atoms with van der Waals surface area (Å²) < 4.78 is 15.3. The number of rotatable bonds is 6. The lowest BCUT2D eigenvalue weighted by Crippen LogP contribution is -2.10. The first-order chi connectivity index (χ1) is 26.7. The van der Waals surface area contributed by atoms with Crippen molar-refractivity contribution in [3.8, 4) is 33.7 Å². The van der Waals surface area contributed by atoms with Crippen LogP contribution in [0.4, 0.5) is 17.1 Å². The summed E-state index contributed by atoms with van der Waals surface area (Å²) in [5.74, 6) is 0.597. The molecule has 0 radical (unpaired) electrons. The highest BCUT2D eigenvalue weighted by Gasteiger charge is 2.19. The largest absolute Gasteiger partial charge is 0.456 e. The van der Waals surface area contributed by atoms with Crippen LogP contribution < -0.4 is 4.90 Å². The predicted molar refractivity (Wildman–Crippen MR) is 225 cm³/mol. The van der Waals surface area contributed by atoms with Crippen molar-refractivity contribution in [1.82, 2.24) is 4.98 Å². The number of hydrogen-bond donors (Lipinski definition) is 0. The zero-order chi connectivity index (χ0) is 35.6. The highest BCUT2D eigenvalue weighted by atomic mass is 32.1. The molecule has 5 heteroatoms. The van der Waals surface area contributed by atoms with Crippen LogP contribution in [0.15, 0.2) is 191 Å². The Kier molecular flexibility index (Phi) is 7.00. The first-order valence-corrected chi connectivity index (χ1v) is 18.8. The Morgan fingerprint density at radius 3 is 1.94 bits per heavy atom. The van der Waals surface area contributed by atoms with Crippen molar-refractivity contribution in [1.29, 1.82) is 0 Å². The van der Waals surface area contributed by atoms with E-state index in [1.54, 1.807) is 0 Å². The zero-order valence-corrected chi connectivity index (χ0v) is 29.8. The Morgan fingerprint density at radius 2 is 1.09 bits per heavy atom. The SMILES string of the molecule is c1ccc(-c2cccc(N(c3ccc(-c4cccc5c4sc4ccccc45)cc3)c3ccc4oc5cc6nc(-c7ccccc7)oc6cc5c4c3)c2)cc1. The van der Waals surface area contributed by atoms with E-state index in [-0.39, 0.29) is 0 Å². The molecule has 11 rings (SSSR count). The number of fused-ring (bicyclic) bond motifs is 7. The van der Waals surface area contributed by atoms with Gasteiger partial charge in [-0.05, 0) is 89.0 Å². The quantitative estimate of drug-likeness (QED) is 0.172. The molecule has 0 fully saturated rings. The molecule has 0 saturated carbocycles. The Bertz CT molecular complexity index is 3160. The number of anilines is 3. The van der Waals surface area contributed by atoms with Crippen LogP contribution in [0.1, 0.15) is 0 Å². The summed E-state index contributed by atoms with van der Waals surface area (Å²) in [7, 11) is 0. The van der Waals surface area contributed by atoms with E-state index in [2.05, 4.69) is 150 Å². The van der Waals surface area contributed by atoms with Crippen molar-refractivity contribution >= 4 is 81.6 Å². The maximum atomic E-state index is 6.42. The first-order valence-electron chi connectivity index (χ1n) is 18.0. The molecule has 0 saturated heterocycles. The van der Waals surface area contributed by atoms with Gasteiger partial charge in [0, 0.05) is 59.6 Å². The maximum absolute atomic E-state index is 6.42. The molecule has 4 nitrogen and oxygen atoms in total. The second-order valence-corrected chi connectivity index (χ2v) is 14.6. The summed E-state index contributed by atoms with van der Waals surface area (Å²) in [6.07, 6.45) is 0. The lowest BCUT2D eigenvalue weighted by Gasteiger charge is -2.26. The molecule has 0 atom stereocenters. The van der Waals surface area contributed by atoms with Gasteiger partial charge in [0.05, 0.1) is 0 Å². The standard InChI is InChI=1S/C49H30N2O2S/c1-3-11-31(12-4-1)34-15-9-16-36(27-34)51(35-23-21-32(22-24-35)38-18-10-19-40-39-17-7-8-20-47(39)54-48(38)40)37-25-26-44-41(28-37)42-29-46-43(30-45(42)52-44)50-49(53-46)33-13-5-2-6-14-33/h1-30H. The number of oxazole rings is 1. The molecule has 3 heterocycles. The van der Waals surface area contributed by atoms with Crippen molar-refractivity contribution in [2.45, 2.75) is 0 Å². The Labute approximate surface area is 314 Å². The van der Waals surface area contributed by atoms with E-state index in [0.29, 0.717) is 5.89 Å². The molecule has 0 aliphatic rings. The molecule has 254 valence electrons. The van der Waals surface area contributed by atoms with Gasteiger partial charge < -0.3 is 13.7 Å². The molecule has 0 N–H and O–H groups in total. The van der Waals surface area contributed by atoms with E-state index in [4.69, 9.17) is 13.8 Å². The third kappa shape index (κ3) is 5.09. The monoisotopic (exact) mass is 710 g/mol. The summed E-state index contributed by atoms with van der Waals surface area (Å²) in [5.41, 5.74) is 11.9. The van der Waals surface area contributed by atoms with E-state index in [1.165, 1.54) is 36.9 Å². The van der Waals surface area contributed by atoms with Gasteiger partial charge in [0.1, 0.15) is 16.7 Å². The van der Waals surface area contributed by atoms with Crippen LogP contribution in [0.5, 0.6) is 0 Å². The Morgan fingerprint density at radius 1 is 0.407 bits per heavy atom. The van der Waals surface area contributed by atoms with Gasteiger partial charge in [-0.2, -0.15) is 0 Å². The fourth-order valence-corrected chi connectivity index (χ4v) is 8.93. The highest BCUT2D eigenvalue weighted by molar-refractivity contribution is 7.26. The van der Waals surface area contributed by atoms with Crippen LogP contribution in [0.3, 0.4) is 0 Å². The van der Waals surface area contributed by atoms with E-state index in [1.807, 2.05) is 47.7 Å². The van der Waals surface area contributed by atoms with E-state index in [9.17, 15) is 0 Å². The minimum atomic E-state index is 0.597. The van der Waals surface area contributed by atoms with Gasteiger partial charge in [-0.3, -0.25) is 0 Å². The average molecular weight is 711 g/mol. The number of hydrogen-bond acceptors (Lipinski definition) is 5. The summed E-state index contributed by atoms with van der Waals surface area (Å²) >= 11 is 1.86. The van der Waals surface area contributed by atoms with Crippen molar-refractivity contribution in [2.24, 2.45) is 0 Å². The number of nitrogens with zero attached hydrogens (tertiary/aromatic N) is 2. The lowest BCUT2D eigenvalue weighted by molar-refractivity contribution is 0.620. The van der Waals surface area contributed by atoms with Gasteiger partial charge in [0.2, 0.25) is 5.89 Å². The van der Waals surface area contributed by atoms with Gasteiger partial charge in [-0.25, -0.2) is 4.98 Å². The molecular weight excluding hydrogens is 681 g/mol. The molecule has 0 amide bonds. The molecule has 0 aliphatic carbocycles. The van der Waals surface area contributed by atoms with Crippen LogP contribution in [0.25, 0.3) is 86.9 Å². The van der Waals surface area contributed by atoms with Crippen molar-refractivity contribution in [3.05, 3.63) is 182 Å². The van der Waals surface area contributed by atoms with Crippen LogP contribution in [-0.2, 0) is 0 Å². The number of furan rings is 1. The molecule has 0 spiro atoms. The van der Waals surface area contributed by atoms with Crippen LogP contribution in [0.2, 0.25) is 0 Å². The fourth-order valence-electron chi connectivity index (χ4n) is 7.70. The van der Waals surface area contributed by atoms with Crippen LogP contribution >= 0.6 is 11.3 Å². The van der Waals surface area contributed by atoms with Gasteiger partial charge in [-0.15, -0.1) is 11.3 Å². The minimum absolute atomic E-state index is 0.597. The molecule has 3 aromatic heterocycles. The van der Waals surface area contributed by atoms with Gasteiger partial charge in [0.15, 0.2) is 5.58 Å². The van der Waals surface area contributed by atoms with E-state index in [0.717, 1.165) is 61.2 Å². The van der Waals surface area contributed by atoms with Crippen LogP contribution in [-0.4, -0.2) is 4.98 Å². The van der Waals surface area contributed by atoms with E-state index >= 15 is 0 Å². The summed E-state index contributed by atoms with van der Waals surface area (Å²) in [4.78, 5) is 7.11. The summed E-state index contributed by atoms with van der Waals surface area (Å²) in [5, 5.41) is 4.61. The second kappa shape index (κ2) is 12.3. The fraction of sp³-hybridized carbons (Fsp3) is 0. The third-order valence-corrected chi connectivity index (χ3v) is 11.5. The normalized spacial score (nSPS) is 11.7. The highest BCUT2D eigenvalue weighted by Crippen LogP contribution is 2.43. The molecule has 8 aromatic carbocycles. The smallest absolute Gasteiger partial charge is 0.227 e. The molecule has 0 unspecified atom stereocenters. The Hall–Kier alpha value is -6.95. The van der Waals surface area contributed by atoms with Crippen molar-refractivity contribution in [2.75, 3.05) is 4.90 Å². The summed E-state index contributed by atoms with van der Waals surface area (Å²) in [6, 6.07) is 64.0. The number of aromatic nitrogens is 1. The molecule has 0 aliphatic heterocycles. The molecule has 0 bridgehead atoms. The second-order valence-electron chi connectivity index (χ2n) is 13.6. The Balaban J connectivity index is 1.05. The first kappa shape index (κ1) is 30.7. The third-order valence-electron chi connectivity index (χ3n) is 10.3. The zero-order valence-electron chi connectivity index (χ0n) is 28.9. The van der Waals surface area contributed by atoms with E-state index < -0.39 is 0 Å². The molecular formula is C49H30N2O2S. The van der Waals surface area contributed by atoms with Gasteiger partial charge >= 0.3 is 0 Å². The molecule has 54 heavy (non-hydrogen) atoms. The maximum Gasteiger partial charge on any atom is 0.227 e. The number of thiophene rings is 1. The predicted octanol–water partition coefficient (Wildman–Crippen LogP) is 14.6. The number of benzene rings is 8. The van der Waals surface area contributed by atoms with Gasteiger partial charge in [-0.1, -0.05) is 109 Å². The average Bonchev–Trinajstić information content (AvgIpc) is 3.94. The lowest BCUT2D eigenvalue weighted by atomic mass is 10.0. The van der Waals surface area contributed by atoms with Crippen LogP contribution in [0, 0.1) is 0 Å².